The average Bonchev–Trinajstić information content (AvgIpc) is 3.10. The second kappa shape index (κ2) is 4.83. The van der Waals surface area contributed by atoms with E-state index in [4.69, 9.17) is 0 Å². The first-order valence-electron chi connectivity index (χ1n) is 7.66. The molecule has 3 nitrogen and oxygen atoms in total. The van der Waals surface area contributed by atoms with E-state index in [2.05, 4.69) is 26.2 Å². The highest BCUT2D eigenvalue weighted by Gasteiger charge is 2.54. The van der Waals surface area contributed by atoms with Crippen molar-refractivity contribution in [3.63, 3.8) is 0 Å². The maximum absolute atomic E-state index is 12.3. The van der Waals surface area contributed by atoms with Crippen LogP contribution in [0, 0.1) is 23.7 Å². The van der Waals surface area contributed by atoms with E-state index in [9.17, 15) is 4.79 Å². The Bertz CT molecular complexity index is 547. The lowest BCUT2D eigenvalue weighted by Gasteiger charge is -2.32. The van der Waals surface area contributed by atoms with Crippen LogP contribution in [0.2, 0.25) is 0 Å². The molecule has 1 aromatic rings. The molecule has 0 aliphatic heterocycles. The van der Waals surface area contributed by atoms with Gasteiger partial charge in [0, 0.05) is 6.04 Å². The van der Waals surface area contributed by atoms with Gasteiger partial charge in [0.1, 0.15) is 10.3 Å². The van der Waals surface area contributed by atoms with Crippen molar-refractivity contribution >= 4 is 21.8 Å². The van der Waals surface area contributed by atoms with Crippen LogP contribution in [0.15, 0.2) is 22.8 Å². The minimum absolute atomic E-state index is 0.0154. The molecule has 5 unspecified atom stereocenters. The van der Waals surface area contributed by atoms with Crippen LogP contribution in [0.1, 0.15) is 42.6 Å². The van der Waals surface area contributed by atoms with Gasteiger partial charge in [0.2, 0.25) is 0 Å². The summed E-state index contributed by atoms with van der Waals surface area (Å²) >= 11 is 3.32. The first-order chi connectivity index (χ1) is 9.72. The molecule has 1 amide bonds. The van der Waals surface area contributed by atoms with Gasteiger partial charge in [-0.3, -0.25) is 4.79 Å². The third-order valence-electron chi connectivity index (χ3n) is 5.69. The topological polar surface area (TPSA) is 42.0 Å². The van der Waals surface area contributed by atoms with Crippen LogP contribution in [-0.4, -0.2) is 16.9 Å². The molecule has 0 saturated heterocycles. The summed E-state index contributed by atoms with van der Waals surface area (Å²) in [6.07, 6.45) is 6.74. The number of fused-ring (bicyclic) bond motifs is 5. The Morgan fingerprint density at radius 2 is 2.05 bits per heavy atom. The number of amides is 1. The fraction of sp³-hybridized carbons (Fsp3) is 0.625. The van der Waals surface area contributed by atoms with Gasteiger partial charge in [0.15, 0.2) is 0 Å². The maximum Gasteiger partial charge on any atom is 0.270 e. The van der Waals surface area contributed by atoms with Gasteiger partial charge in [0.25, 0.3) is 5.91 Å². The molecule has 20 heavy (non-hydrogen) atoms. The van der Waals surface area contributed by atoms with Crippen LogP contribution >= 0.6 is 15.9 Å². The van der Waals surface area contributed by atoms with E-state index >= 15 is 0 Å². The normalized spacial score (nSPS) is 38.0. The lowest BCUT2D eigenvalue weighted by Crippen LogP contribution is -2.42. The van der Waals surface area contributed by atoms with E-state index < -0.39 is 0 Å². The number of halogens is 1. The Balaban J connectivity index is 1.47. The van der Waals surface area contributed by atoms with E-state index in [0.29, 0.717) is 16.3 Å². The van der Waals surface area contributed by atoms with Crippen molar-refractivity contribution in [1.82, 2.24) is 10.3 Å². The number of carbonyl (C=O) groups is 1. The lowest BCUT2D eigenvalue weighted by atomic mass is 9.79. The molecule has 1 heterocycles. The molecular weight excluding hydrogens is 316 g/mol. The van der Waals surface area contributed by atoms with E-state index in [0.717, 1.165) is 23.7 Å². The molecule has 0 spiro atoms. The van der Waals surface area contributed by atoms with Crippen LogP contribution in [0.5, 0.6) is 0 Å². The largest absolute Gasteiger partial charge is 0.348 e. The van der Waals surface area contributed by atoms with Crippen LogP contribution in [0.25, 0.3) is 0 Å². The Morgan fingerprint density at radius 3 is 2.90 bits per heavy atom. The summed E-state index contributed by atoms with van der Waals surface area (Å²) in [4.78, 5) is 16.6. The van der Waals surface area contributed by atoms with Gasteiger partial charge in [-0.05, 0) is 77.4 Å². The second-order valence-electron chi connectivity index (χ2n) is 6.58. The van der Waals surface area contributed by atoms with Crippen molar-refractivity contribution in [3.8, 4) is 0 Å². The molecule has 0 radical (unpaired) electrons. The van der Waals surface area contributed by atoms with Crippen LogP contribution in [-0.2, 0) is 0 Å². The molecule has 3 aliphatic carbocycles. The van der Waals surface area contributed by atoms with Crippen LogP contribution in [0.3, 0.4) is 0 Å². The zero-order valence-electron chi connectivity index (χ0n) is 11.4. The van der Waals surface area contributed by atoms with E-state index in [1.54, 1.807) is 6.07 Å². The fourth-order valence-corrected chi connectivity index (χ4v) is 5.35. The molecule has 4 heteroatoms. The Morgan fingerprint density at radius 1 is 1.20 bits per heavy atom. The molecule has 5 atom stereocenters. The standard InChI is InChI=1S/C16H19BrN2O/c17-15-6-2-5-13(18-15)16(20)19-14-8-9-7-12(14)11-4-1-3-10(9)11/h2,5-6,9-12,14H,1,3-4,7-8H2,(H,19,20). The SMILES string of the molecule is O=C(NC1CC2CC1C1CCCC21)c1cccc(Br)n1. The van der Waals surface area contributed by atoms with Crippen molar-refractivity contribution in [2.75, 3.05) is 0 Å². The molecule has 3 aliphatic rings. The zero-order chi connectivity index (χ0) is 13.7. The lowest BCUT2D eigenvalue weighted by molar-refractivity contribution is 0.0896. The van der Waals surface area contributed by atoms with E-state index in [1.165, 1.54) is 32.1 Å². The number of rotatable bonds is 2. The van der Waals surface area contributed by atoms with Crippen molar-refractivity contribution < 1.29 is 4.79 Å². The highest BCUT2D eigenvalue weighted by molar-refractivity contribution is 9.10. The molecule has 0 aromatic carbocycles. The van der Waals surface area contributed by atoms with E-state index in [1.807, 2.05) is 12.1 Å². The van der Waals surface area contributed by atoms with Gasteiger partial charge in [-0.2, -0.15) is 0 Å². The number of pyridine rings is 1. The summed E-state index contributed by atoms with van der Waals surface area (Å²) < 4.78 is 0.717. The fourth-order valence-electron chi connectivity index (χ4n) is 5.01. The number of nitrogens with one attached hydrogen (secondary N) is 1. The van der Waals surface area contributed by atoms with Gasteiger partial charge in [-0.1, -0.05) is 12.5 Å². The van der Waals surface area contributed by atoms with Gasteiger partial charge in [0.05, 0.1) is 0 Å². The Labute approximate surface area is 127 Å². The summed E-state index contributed by atoms with van der Waals surface area (Å²) in [6, 6.07) is 5.87. The third-order valence-corrected chi connectivity index (χ3v) is 6.13. The summed E-state index contributed by atoms with van der Waals surface area (Å²) in [5.74, 6) is 3.43. The third kappa shape index (κ3) is 2.00. The van der Waals surface area contributed by atoms with Crippen LogP contribution < -0.4 is 5.32 Å². The van der Waals surface area contributed by atoms with Crippen molar-refractivity contribution in [2.45, 2.75) is 38.1 Å². The first kappa shape index (κ1) is 12.8. The smallest absolute Gasteiger partial charge is 0.270 e. The zero-order valence-corrected chi connectivity index (χ0v) is 13.0. The molecular formula is C16H19BrN2O. The first-order valence-corrected chi connectivity index (χ1v) is 8.45. The van der Waals surface area contributed by atoms with Crippen molar-refractivity contribution in [2.24, 2.45) is 23.7 Å². The minimum Gasteiger partial charge on any atom is -0.348 e. The number of nitrogens with zero attached hydrogens (tertiary/aromatic N) is 1. The van der Waals surface area contributed by atoms with Gasteiger partial charge in [-0.15, -0.1) is 0 Å². The quantitative estimate of drug-likeness (QED) is 0.842. The monoisotopic (exact) mass is 334 g/mol. The average molecular weight is 335 g/mol. The molecule has 2 bridgehead atoms. The number of carbonyl (C=O) groups excluding carboxylic acids is 1. The predicted molar refractivity (Wildman–Crippen MR) is 80.2 cm³/mol. The number of hydrogen-bond donors (Lipinski definition) is 1. The molecule has 3 saturated carbocycles. The van der Waals surface area contributed by atoms with Gasteiger partial charge < -0.3 is 5.32 Å². The summed E-state index contributed by atoms with van der Waals surface area (Å²) in [7, 11) is 0. The number of hydrogen-bond acceptors (Lipinski definition) is 2. The highest BCUT2D eigenvalue weighted by atomic mass is 79.9. The highest BCUT2D eigenvalue weighted by Crippen LogP contribution is 2.58. The number of aromatic nitrogens is 1. The molecule has 1 aromatic heterocycles. The Hall–Kier alpha value is -0.900. The summed E-state index contributed by atoms with van der Waals surface area (Å²) in [5, 5.41) is 3.24. The molecule has 4 rings (SSSR count). The van der Waals surface area contributed by atoms with Crippen molar-refractivity contribution in [1.29, 1.82) is 0 Å². The molecule has 106 valence electrons. The Kier molecular flexibility index (Phi) is 3.09. The summed E-state index contributed by atoms with van der Waals surface area (Å²) in [5.41, 5.74) is 0.519. The van der Waals surface area contributed by atoms with Gasteiger partial charge in [-0.25, -0.2) is 4.98 Å². The van der Waals surface area contributed by atoms with E-state index in [-0.39, 0.29) is 5.91 Å². The van der Waals surface area contributed by atoms with Crippen molar-refractivity contribution in [3.05, 3.63) is 28.5 Å². The molecule has 1 N–H and O–H groups in total. The second-order valence-corrected chi connectivity index (χ2v) is 7.39. The molecule has 3 fully saturated rings. The predicted octanol–water partition coefficient (Wildman–Crippen LogP) is 3.40. The van der Waals surface area contributed by atoms with Gasteiger partial charge >= 0.3 is 0 Å². The summed E-state index contributed by atoms with van der Waals surface area (Å²) in [6.45, 7) is 0. The van der Waals surface area contributed by atoms with Crippen LogP contribution in [0.4, 0.5) is 0 Å². The maximum atomic E-state index is 12.3. The minimum atomic E-state index is -0.0154.